The lowest BCUT2D eigenvalue weighted by Gasteiger charge is -2.13. The highest BCUT2D eigenvalue weighted by molar-refractivity contribution is 7.83. The third-order valence-corrected chi connectivity index (χ3v) is 3.86. The van der Waals surface area contributed by atoms with Gasteiger partial charge in [-0.05, 0) is 19.6 Å². The van der Waals surface area contributed by atoms with E-state index in [2.05, 4.69) is 19.5 Å². The molecule has 7 heteroatoms. The van der Waals surface area contributed by atoms with Gasteiger partial charge in [-0.25, -0.2) is 0 Å². The van der Waals surface area contributed by atoms with Crippen LogP contribution in [0.5, 0.6) is 0 Å². The summed E-state index contributed by atoms with van der Waals surface area (Å²) in [5.41, 5.74) is 0. The van der Waals surface area contributed by atoms with Gasteiger partial charge >= 0.3 is 10.4 Å². The Balaban J connectivity index is 4.18. The van der Waals surface area contributed by atoms with E-state index in [1.54, 1.807) is 19.6 Å². The second kappa shape index (κ2) is 3.18. The Morgan fingerprint density at radius 3 is 1.80 bits per heavy atom. The van der Waals surface area contributed by atoms with Crippen LogP contribution in [-0.4, -0.2) is 16.7 Å². The standard InChI is InChI=1S/C3H9ClO4SSi/c1-10(2,3)8-9(5,6)7-4/h1-3H3. The predicted molar refractivity (Wildman–Crippen MR) is 40.3 cm³/mol. The Bertz CT molecular complexity index is 193. The molecule has 0 aromatic carbocycles. The summed E-state index contributed by atoms with van der Waals surface area (Å²) in [6.07, 6.45) is 0. The van der Waals surface area contributed by atoms with Crippen LogP contribution in [0.25, 0.3) is 0 Å². The lowest BCUT2D eigenvalue weighted by Crippen LogP contribution is -2.29. The fraction of sp³-hybridized carbons (Fsp3) is 1.00. The van der Waals surface area contributed by atoms with E-state index in [1.807, 2.05) is 0 Å². The summed E-state index contributed by atoms with van der Waals surface area (Å²) in [5.74, 6) is 0. The molecule has 0 N–H and O–H groups in total. The second-order valence-electron chi connectivity index (χ2n) is 2.67. The van der Waals surface area contributed by atoms with Crippen LogP contribution < -0.4 is 0 Å². The van der Waals surface area contributed by atoms with Gasteiger partial charge in [-0.1, -0.05) is 0 Å². The van der Waals surface area contributed by atoms with E-state index in [1.165, 1.54) is 0 Å². The van der Waals surface area contributed by atoms with Gasteiger partial charge in [0.1, 0.15) is 0 Å². The quantitative estimate of drug-likeness (QED) is 0.650. The molecule has 10 heavy (non-hydrogen) atoms. The Morgan fingerprint density at radius 2 is 1.70 bits per heavy atom. The van der Waals surface area contributed by atoms with E-state index in [9.17, 15) is 8.42 Å². The van der Waals surface area contributed by atoms with Gasteiger partial charge in [-0.2, -0.15) is 8.42 Å². The molecule has 0 saturated heterocycles. The zero-order chi connectivity index (χ0) is 8.41. The van der Waals surface area contributed by atoms with Crippen LogP contribution in [0.3, 0.4) is 0 Å². The van der Waals surface area contributed by atoms with Gasteiger partial charge in [-0.15, -0.1) is 3.74 Å². The molecule has 0 atom stereocenters. The van der Waals surface area contributed by atoms with Gasteiger partial charge in [-0.3, -0.25) is 3.87 Å². The molecule has 0 amide bonds. The first-order valence-electron chi connectivity index (χ1n) is 2.53. The van der Waals surface area contributed by atoms with Gasteiger partial charge in [0.05, 0.1) is 11.9 Å². The average molecular weight is 205 g/mol. The van der Waals surface area contributed by atoms with Crippen molar-refractivity contribution in [3.63, 3.8) is 0 Å². The molecule has 0 unspecified atom stereocenters. The molecule has 4 nitrogen and oxygen atoms in total. The predicted octanol–water partition coefficient (Wildman–Crippen LogP) is 1.25. The summed E-state index contributed by atoms with van der Waals surface area (Å²) in [6, 6.07) is 0. The zero-order valence-corrected chi connectivity index (χ0v) is 8.49. The van der Waals surface area contributed by atoms with Crippen molar-refractivity contribution in [3.05, 3.63) is 0 Å². The maximum absolute atomic E-state index is 10.5. The minimum absolute atomic E-state index is 1.71. The molecule has 0 aliphatic rings. The number of hydrogen-bond donors (Lipinski definition) is 0. The molecule has 0 aromatic rings. The fourth-order valence-electron chi connectivity index (χ4n) is 0.319. The summed E-state index contributed by atoms with van der Waals surface area (Å²) in [5, 5.41) is 0. The lowest BCUT2D eigenvalue weighted by atomic mass is 11.8. The first-order chi connectivity index (χ1) is 4.27. The first-order valence-corrected chi connectivity index (χ1v) is 7.58. The summed E-state index contributed by atoms with van der Waals surface area (Å²) in [6.45, 7) is 5.13. The van der Waals surface area contributed by atoms with Crippen LogP contribution >= 0.6 is 11.9 Å². The van der Waals surface area contributed by atoms with Crippen molar-refractivity contribution in [2.75, 3.05) is 0 Å². The molecule has 0 fully saturated rings. The maximum atomic E-state index is 10.5. The third kappa shape index (κ3) is 5.18. The Morgan fingerprint density at radius 1 is 1.30 bits per heavy atom. The van der Waals surface area contributed by atoms with Crippen molar-refractivity contribution in [2.24, 2.45) is 0 Å². The van der Waals surface area contributed by atoms with Crippen LogP contribution in [0.2, 0.25) is 19.6 Å². The summed E-state index contributed by atoms with van der Waals surface area (Å²) < 4.78 is 29.0. The molecular formula is C3H9ClO4SSi. The highest BCUT2D eigenvalue weighted by atomic mass is 35.5. The third-order valence-electron chi connectivity index (χ3n) is 0.429. The van der Waals surface area contributed by atoms with Crippen molar-refractivity contribution in [1.82, 2.24) is 0 Å². The molecule has 0 aromatic heterocycles. The van der Waals surface area contributed by atoms with E-state index < -0.39 is 18.7 Å². The molecule has 0 aliphatic heterocycles. The summed E-state index contributed by atoms with van der Waals surface area (Å²) in [7, 11) is -6.06. The molecule has 62 valence electrons. The van der Waals surface area contributed by atoms with Gasteiger partial charge in [0.2, 0.25) is 8.32 Å². The van der Waals surface area contributed by atoms with Crippen molar-refractivity contribution >= 4 is 30.6 Å². The van der Waals surface area contributed by atoms with Crippen molar-refractivity contribution < 1.29 is 16.0 Å². The molecule has 0 bridgehead atoms. The number of hydrogen-bond acceptors (Lipinski definition) is 4. The van der Waals surface area contributed by atoms with E-state index >= 15 is 0 Å². The van der Waals surface area contributed by atoms with Crippen LogP contribution in [0.4, 0.5) is 0 Å². The van der Waals surface area contributed by atoms with E-state index in [0.29, 0.717) is 0 Å². The molecule has 0 rings (SSSR count). The summed E-state index contributed by atoms with van der Waals surface area (Å²) >= 11 is 4.61. The van der Waals surface area contributed by atoms with Crippen LogP contribution in [0.15, 0.2) is 0 Å². The fourth-order valence-corrected chi connectivity index (χ4v) is 3.10. The Hall–Kier alpha value is 0.377. The van der Waals surface area contributed by atoms with Crippen LogP contribution in [0, 0.1) is 0 Å². The van der Waals surface area contributed by atoms with Gasteiger partial charge < -0.3 is 0 Å². The van der Waals surface area contributed by atoms with Gasteiger partial charge in [0, 0.05) is 0 Å². The van der Waals surface area contributed by atoms with Crippen molar-refractivity contribution in [3.8, 4) is 0 Å². The normalized spacial score (nSPS) is 13.6. The maximum Gasteiger partial charge on any atom is 0.406 e. The average Bonchev–Trinajstić information content (AvgIpc) is 1.60. The van der Waals surface area contributed by atoms with E-state index in [4.69, 9.17) is 0 Å². The highest BCUT2D eigenvalue weighted by Gasteiger charge is 2.24. The SMILES string of the molecule is C[Si](C)(C)OS(=O)(=O)OCl. The van der Waals surface area contributed by atoms with Gasteiger partial charge in [0.25, 0.3) is 0 Å². The minimum atomic E-state index is -3.95. The summed E-state index contributed by atoms with van der Waals surface area (Å²) in [4.78, 5) is 0. The molecule has 0 heterocycles. The lowest BCUT2D eigenvalue weighted by molar-refractivity contribution is 0.405. The van der Waals surface area contributed by atoms with Gasteiger partial charge in [0.15, 0.2) is 0 Å². The monoisotopic (exact) mass is 204 g/mol. The van der Waals surface area contributed by atoms with E-state index in [-0.39, 0.29) is 0 Å². The minimum Gasteiger partial charge on any atom is -0.293 e. The smallest absolute Gasteiger partial charge is 0.293 e. The zero-order valence-electron chi connectivity index (χ0n) is 5.92. The number of halogens is 1. The Kier molecular flexibility index (Phi) is 3.30. The van der Waals surface area contributed by atoms with Crippen molar-refractivity contribution in [1.29, 1.82) is 0 Å². The largest absolute Gasteiger partial charge is 0.406 e. The molecule has 0 aliphatic carbocycles. The van der Waals surface area contributed by atoms with Crippen molar-refractivity contribution in [2.45, 2.75) is 19.6 Å². The Labute approximate surface area is 66.7 Å². The molecule has 0 radical (unpaired) electrons. The molecular weight excluding hydrogens is 196 g/mol. The highest BCUT2D eigenvalue weighted by Crippen LogP contribution is 2.10. The molecule has 0 spiro atoms. The topological polar surface area (TPSA) is 52.6 Å². The van der Waals surface area contributed by atoms with Crippen LogP contribution in [-0.2, 0) is 18.0 Å². The molecule has 0 saturated carbocycles. The van der Waals surface area contributed by atoms with E-state index in [0.717, 1.165) is 0 Å². The number of rotatable bonds is 3. The van der Waals surface area contributed by atoms with Crippen LogP contribution in [0.1, 0.15) is 0 Å². The second-order valence-corrected chi connectivity index (χ2v) is 8.88. The first kappa shape index (κ1) is 10.4.